The molecule has 3 N–H and O–H groups in total. The molecule has 0 bridgehead atoms. The summed E-state index contributed by atoms with van der Waals surface area (Å²) >= 11 is 6.05. The number of carbonyl (C=O) groups is 2. The number of hydrogen-bond donors (Lipinski definition) is 3. The lowest BCUT2D eigenvalue weighted by Crippen LogP contribution is -2.44. The Balaban J connectivity index is 0.000000479. The first kappa shape index (κ1) is 17.0. The van der Waals surface area contributed by atoms with Crippen LogP contribution in [0.15, 0.2) is 42.5 Å². The van der Waals surface area contributed by atoms with Crippen molar-refractivity contribution in [2.75, 3.05) is 10.6 Å². The number of halogens is 4. The maximum absolute atomic E-state index is 13.0. The SMILES string of the molecule is O=C([O-])C(F)(F)F.[2H]N(C(=O)C([2H])([2H])C1c2nn([2H])n[n+]2-c2ccc(Cl)cc2N1[2H])c1ccc(C)cc1. The van der Waals surface area contributed by atoms with Gasteiger partial charge < -0.3 is 20.5 Å². The number of carboxylic acids is 1. The summed E-state index contributed by atoms with van der Waals surface area (Å²) in [6.07, 6.45) is -7.95. The minimum Gasteiger partial charge on any atom is -0.542 e. The number of rotatable bonds is 3. The van der Waals surface area contributed by atoms with Crippen molar-refractivity contribution in [2.24, 2.45) is 0 Å². The zero-order valence-corrected chi connectivity index (χ0v) is 16.8. The van der Waals surface area contributed by atoms with E-state index in [0.717, 1.165) is 10.9 Å². The van der Waals surface area contributed by atoms with Crippen molar-refractivity contribution < 1.29 is 39.5 Å². The Morgan fingerprint density at radius 2 is 2.00 bits per heavy atom. The number of carbonyl (C=O) groups excluding carboxylic acids is 2. The number of aryl methyl sites for hydroxylation is 1. The maximum atomic E-state index is 13.0. The normalized spacial score (nSPS) is 17.2. The smallest absolute Gasteiger partial charge is 0.430 e. The van der Waals surface area contributed by atoms with Gasteiger partial charge >= 0.3 is 13.4 Å². The second-order valence-corrected chi connectivity index (χ2v) is 6.73. The molecule has 2 aromatic carbocycles. The standard InChI is InChI=1S/C17H15ClN6O.C2HF3O2/c1-10-2-5-12(6-3-10)19-16(25)9-14-17-21-22-23-24(17)15-7-4-11(18)8-13(15)20-14;3-2(4,5)1(6)7/h2-8,14,20H,9H2,1H3,(H,19,25);(H,6,7)/i9D2;/hD3. The number of anilines is 2. The van der Waals surface area contributed by atoms with Gasteiger partial charge in [-0.3, -0.25) is 4.79 Å². The summed E-state index contributed by atoms with van der Waals surface area (Å²) in [6.45, 7) is 1.85. The van der Waals surface area contributed by atoms with E-state index in [2.05, 4.69) is 10.3 Å². The highest BCUT2D eigenvalue weighted by Crippen LogP contribution is 2.30. The molecule has 0 spiro atoms. The largest absolute Gasteiger partial charge is 0.542 e. The lowest BCUT2D eigenvalue weighted by Gasteiger charge is -2.21. The quantitative estimate of drug-likeness (QED) is 0.498. The first-order chi connectivity index (χ1) is 17.1. The van der Waals surface area contributed by atoms with E-state index in [1.165, 1.54) is 22.9 Å². The van der Waals surface area contributed by atoms with Gasteiger partial charge in [0.05, 0.1) is 22.4 Å². The highest BCUT2D eigenvalue weighted by molar-refractivity contribution is 6.30. The van der Waals surface area contributed by atoms with Gasteiger partial charge in [0.25, 0.3) is 0 Å². The lowest BCUT2D eigenvalue weighted by atomic mass is 10.1. The zero-order valence-electron chi connectivity index (χ0n) is 21.0. The van der Waals surface area contributed by atoms with Crippen molar-refractivity contribution in [3.05, 3.63) is 58.9 Å². The third-order valence-electron chi connectivity index (χ3n) is 3.93. The molecule has 1 aliphatic heterocycles. The molecule has 1 amide bonds. The van der Waals surface area contributed by atoms with Crippen molar-refractivity contribution in [3.8, 4) is 5.69 Å². The van der Waals surface area contributed by atoms with E-state index in [1.54, 1.807) is 24.3 Å². The fourth-order valence-electron chi connectivity index (χ4n) is 2.49. The molecular weight excluding hydrogens is 453 g/mol. The minimum absolute atomic E-state index is 0.120. The van der Waals surface area contributed by atoms with Crippen LogP contribution < -0.4 is 20.4 Å². The van der Waals surface area contributed by atoms with Gasteiger partial charge in [0.1, 0.15) is 12.0 Å². The van der Waals surface area contributed by atoms with Crippen LogP contribution in [-0.4, -0.2) is 33.6 Å². The summed E-state index contributed by atoms with van der Waals surface area (Å²) in [4.78, 5) is 21.8. The Morgan fingerprint density at radius 1 is 1.34 bits per heavy atom. The Morgan fingerprint density at radius 3 is 2.62 bits per heavy atom. The number of tetrazole rings is 1. The summed E-state index contributed by atoms with van der Waals surface area (Å²) < 4.78 is 74.2. The van der Waals surface area contributed by atoms with Crippen LogP contribution in [0.2, 0.25) is 9.26 Å². The fourth-order valence-corrected chi connectivity index (χ4v) is 2.66. The zero-order chi connectivity index (χ0) is 27.9. The number of hydrogen-bond acceptors (Lipinski definition) is 6. The monoisotopic (exact) mass is 473 g/mol. The third-order valence-corrected chi connectivity index (χ3v) is 4.16. The number of alkyl halides is 3. The summed E-state index contributed by atoms with van der Waals surface area (Å²) in [7, 11) is 0. The van der Waals surface area contributed by atoms with Crippen LogP contribution in [0.4, 0.5) is 24.5 Å². The van der Waals surface area contributed by atoms with E-state index in [9.17, 15) is 18.0 Å². The topological polar surface area (TPSA) is 127 Å². The number of nitrogens with zero attached hydrogens (tertiary/aromatic N) is 3. The molecule has 0 saturated heterocycles. The Bertz CT molecular complexity index is 1340. The molecule has 0 aliphatic carbocycles. The highest BCUT2D eigenvalue weighted by Gasteiger charge is 2.35. The number of fused-ring (bicyclic) bond motifs is 3. The first-order valence-electron chi connectivity index (χ1n) is 11.0. The van der Waals surface area contributed by atoms with Crippen LogP contribution in [-0.2, 0) is 9.59 Å². The number of nitrogens with one attached hydrogen (secondary N) is 3. The van der Waals surface area contributed by atoms with Gasteiger partial charge in [-0.05, 0) is 42.5 Å². The number of aliphatic carboxylic acids is 1. The average Bonchev–Trinajstić information content (AvgIpc) is 3.19. The predicted octanol–water partition coefficient (Wildman–Crippen LogP) is 1.84. The number of benzene rings is 2. The molecule has 13 heteroatoms. The second kappa shape index (κ2) is 9.22. The van der Waals surface area contributed by atoms with Gasteiger partial charge in [0.2, 0.25) is 5.91 Å². The van der Waals surface area contributed by atoms with Crippen molar-refractivity contribution in [1.82, 2.24) is 15.5 Å². The summed E-state index contributed by atoms with van der Waals surface area (Å²) in [5.41, 5.74) is 1.66. The van der Waals surface area contributed by atoms with Gasteiger partial charge in [-0.25, -0.2) is 0 Å². The van der Waals surface area contributed by atoms with Gasteiger partial charge in [-0.1, -0.05) is 34.0 Å². The minimum atomic E-state index is -5.19. The van der Waals surface area contributed by atoms with Crippen LogP contribution in [0, 0.1) is 6.92 Å². The van der Waals surface area contributed by atoms with Gasteiger partial charge in [-0.15, -0.1) is 0 Å². The average molecular weight is 474 g/mol. The van der Waals surface area contributed by atoms with E-state index < -0.39 is 30.5 Å². The third kappa shape index (κ3) is 5.52. The van der Waals surface area contributed by atoms with Crippen molar-refractivity contribution >= 4 is 34.9 Å². The van der Waals surface area contributed by atoms with Gasteiger partial charge in [-0.2, -0.15) is 13.2 Å². The molecule has 0 fully saturated rings. The van der Waals surface area contributed by atoms with E-state index in [1.807, 2.05) is 6.92 Å². The van der Waals surface area contributed by atoms with E-state index in [0.29, 0.717) is 21.2 Å². The molecule has 1 aromatic heterocycles. The number of H-pyrrole nitrogens is 1. The fraction of sp³-hybridized carbons (Fsp3) is 0.211. The molecule has 0 radical (unpaired) electrons. The number of amides is 1. The molecule has 2 heterocycles. The molecule has 32 heavy (non-hydrogen) atoms. The van der Waals surface area contributed by atoms with E-state index >= 15 is 0 Å². The number of aromatic nitrogens is 4. The first-order valence-corrected chi connectivity index (χ1v) is 9.08. The van der Waals surface area contributed by atoms with Crippen LogP contribution in [0.3, 0.4) is 0 Å². The van der Waals surface area contributed by atoms with Gasteiger partial charge in [0.15, 0.2) is 8.51 Å². The molecule has 168 valence electrons. The van der Waals surface area contributed by atoms with Crippen LogP contribution in [0.25, 0.3) is 5.69 Å². The maximum Gasteiger partial charge on any atom is 0.430 e. The van der Waals surface area contributed by atoms with Crippen molar-refractivity contribution in [2.45, 2.75) is 25.5 Å². The van der Waals surface area contributed by atoms with Crippen LogP contribution in [0.5, 0.6) is 0 Å². The highest BCUT2D eigenvalue weighted by atomic mass is 35.5. The van der Waals surface area contributed by atoms with Crippen molar-refractivity contribution in [1.29, 1.82) is 0 Å². The molecule has 3 aromatic rings. The molecule has 1 atom stereocenters. The number of carboxylic acid groups (broad SMARTS) is 1. The van der Waals surface area contributed by atoms with Crippen molar-refractivity contribution in [3.63, 3.8) is 0 Å². The molecule has 1 aliphatic rings. The van der Waals surface area contributed by atoms with Crippen LogP contribution >= 0.6 is 11.6 Å². The van der Waals surface area contributed by atoms with E-state index in [-0.39, 0.29) is 17.2 Å². The Labute approximate surface area is 191 Å². The van der Waals surface area contributed by atoms with Gasteiger partial charge in [0, 0.05) is 13.5 Å². The molecular formula is C19H16ClF3N6O3. The number of aromatic amines is 1. The van der Waals surface area contributed by atoms with Crippen LogP contribution in [0.1, 0.15) is 26.5 Å². The Kier molecular flexibility index (Phi) is 4.88. The summed E-state index contributed by atoms with van der Waals surface area (Å²) in [5.74, 6) is -4.32. The molecule has 0 saturated carbocycles. The lowest BCUT2D eigenvalue weighted by molar-refractivity contribution is -0.670. The molecule has 9 nitrogen and oxygen atoms in total. The predicted molar refractivity (Wildman–Crippen MR) is 105 cm³/mol. The Hall–Kier alpha value is -3.67. The summed E-state index contributed by atoms with van der Waals surface area (Å²) in [5, 5.41) is 18.6. The second-order valence-electron chi connectivity index (χ2n) is 6.30. The summed E-state index contributed by atoms with van der Waals surface area (Å²) in [6, 6.07) is 9.47. The molecule has 4 rings (SSSR count). The van der Waals surface area contributed by atoms with E-state index in [4.69, 9.17) is 28.5 Å². The molecule has 1 unspecified atom stereocenters.